The van der Waals surface area contributed by atoms with Gasteiger partial charge >= 0.3 is 0 Å². The third-order valence-corrected chi connectivity index (χ3v) is 5.18. The molecule has 0 aromatic heterocycles. The first-order valence-electron chi connectivity index (χ1n) is 8.31. The lowest BCUT2D eigenvalue weighted by molar-refractivity contribution is 0.0607. The molecule has 0 unspecified atom stereocenters. The predicted octanol–water partition coefficient (Wildman–Crippen LogP) is 2.85. The maximum absolute atomic E-state index is 12.6. The van der Waals surface area contributed by atoms with Crippen LogP contribution in [0.1, 0.15) is 48.5 Å². The molecule has 1 amide bonds. The average molecular weight is 286 g/mol. The Hall–Kier alpha value is -1.35. The van der Waals surface area contributed by atoms with Gasteiger partial charge in [0.05, 0.1) is 0 Å². The van der Waals surface area contributed by atoms with Gasteiger partial charge in [0.2, 0.25) is 0 Å². The molecule has 0 aliphatic carbocycles. The SMILES string of the molecule is CCCc1ccc(C(=O)N2CCC3(CCNC3)CC2)cc1. The summed E-state index contributed by atoms with van der Waals surface area (Å²) in [7, 11) is 0. The van der Waals surface area contributed by atoms with Crippen LogP contribution in [0.4, 0.5) is 0 Å². The van der Waals surface area contributed by atoms with E-state index in [2.05, 4.69) is 24.4 Å². The van der Waals surface area contributed by atoms with Gasteiger partial charge in [0, 0.05) is 25.2 Å². The molecule has 2 aliphatic heterocycles. The summed E-state index contributed by atoms with van der Waals surface area (Å²) in [4.78, 5) is 14.6. The minimum absolute atomic E-state index is 0.207. The van der Waals surface area contributed by atoms with Crippen molar-refractivity contribution in [3.8, 4) is 0 Å². The van der Waals surface area contributed by atoms with Crippen molar-refractivity contribution in [2.24, 2.45) is 5.41 Å². The molecule has 3 nitrogen and oxygen atoms in total. The molecule has 114 valence electrons. The van der Waals surface area contributed by atoms with Gasteiger partial charge in [0.15, 0.2) is 0 Å². The monoisotopic (exact) mass is 286 g/mol. The van der Waals surface area contributed by atoms with E-state index in [1.54, 1.807) is 0 Å². The molecule has 0 bridgehead atoms. The van der Waals surface area contributed by atoms with Crippen molar-refractivity contribution in [2.45, 2.75) is 39.0 Å². The minimum atomic E-state index is 0.207. The third-order valence-electron chi connectivity index (χ3n) is 5.18. The second kappa shape index (κ2) is 6.18. The lowest BCUT2D eigenvalue weighted by Gasteiger charge is -2.38. The van der Waals surface area contributed by atoms with Gasteiger partial charge in [-0.15, -0.1) is 0 Å². The molecule has 3 heteroatoms. The molecule has 1 N–H and O–H groups in total. The maximum Gasteiger partial charge on any atom is 0.253 e. The van der Waals surface area contributed by atoms with Crippen molar-refractivity contribution in [1.82, 2.24) is 10.2 Å². The van der Waals surface area contributed by atoms with E-state index in [4.69, 9.17) is 0 Å². The maximum atomic E-state index is 12.6. The Morgan fingerprint density at radius 1 is 1.19 bits per heavy atom. The molecule has 2 saturated heterocycles. The van der Waals surface area contributed by atoms with Crippen molar-refractivity contribution in [2.75, 3.05) is 26.2 Å². The number of piperidine rings is 1. The van der Waals surface area contributed by atoms with Gasteiger partial charge < -0.3 is 10.2 Å². The largest absolute Gasteiger partial charge is 0.339 e. The molecule has 1 aromatic rings. The van der Waals surface area contributed by atoms with Crippen LogP contribution in [-0.2, 0) is 6.42 Å². The number of benzene rings is 1. The van der Waals surface area contributed by atoms with Crippen molar-refractivity contribution < 1.29 is 4.79 Å². The number of carbonyl (C=O) groups is 1. The molecule has 2 aliphatic rings. The van der Waals surface area contributed by atoms with E-state index in [0.29, 0.717) is 5.41 Å². The van der Waals surface area contributed by atoms with Crippen LogP contribution in [0.3, 0.4) is 0 Å². The Balaban J connectivity index is 1.60. The van der Waals surface area contributed by atoms with Crippen LogP contribution in [0.5, 0.6) is 0 Å². The fourth-order valence-electron chi connectivity index (χ4n) is 3.69. The van der Waals surface area contributed by atoms with Gasteiger partial charge in [-0.3, -0.25) is 4.79 Å². The Morgan fingerprint density at radius 2 is 1.90 bits per heavy atom. The van der Waals surface area contributed by atoms with Gasteiger partial charge in [-0.05, 0) is 55.3 Å². The summed E-state index contributed by atoms with van der Waals surface area (Å²) in [5.41, 5.74) is 2.64. The number of amides is 1. The van der Waals surface area contributed by atoms with E-state index in [-0.39, 0.29) is 5.91 Å². The summed E-state index contributed by atoms with van der Waals surface area (Å²) in [6.45, 7) is 6.29. The zero-order chi connectivity index (χ0) is 14.7. The summed E-state index contributed by atoms with van der Waals surface area (Å²) in [6.07, 6.45) is 5.82. The van der Waals surface area contributed by atoms with Crippen LogP contribution in [0.15, 0.2) is 24.3 Å². The smallest absolute Gasteiger partial charge is 0.253 e. The van der Waals surface area contributed by atoms with Crippen molar-refractivity contribution >= 4 is 5.91 Å². The fraction of sp³-hybridized carbons (Fsp3) is 0.611. The highest BCUT2D eigenvalue weighted by molar-refractivity contribution is 5.94. The van der Waals surface area contributed by atoms with Gasteiger partial charge in [-0.25, -0.2) is 0 Å². The normalized spacial score (nSPS) is 20.9. The molecule has 2 heterocycles. The van der Waals surface area contributed by atoms with Crippen LogP contribution in [0.25, 0.3) is 0 Å². The van der Waals surface area contributed by atoms with E-state index < -0.39 is 0 Å². The fourth-order valence-corrected chi connectivity index (χ4v) is 3.69. The van der Waals surface area contributed by atoms with E-state index in [1.807, 2.05) is 17.0 Å². The highest BCUT2D eigenvalue weighted by Crippen LogP contribution is 2.37. The standard InChI is InChI=1S/C18H26N2O/c1-2-3-15-4-6-16(7-5-15)17(21)20-12-9-18(10-13-20)8-11-19-14-18/h4-7,19H,2-3,8-14H2,1H3. The Kier molecular flexibility index (Phi) is 4.29. The van der Waals surface area contributed by atoms with E-state index in [9.17, 15) is 4.79 Å². The van der Waals surface area contributed by atoms with Gasteiger partial charge in [-0.2, -0.15) is 0 Å². The summed E-state index contributed by atoms with van der Waals surface area (Å²) in [5, 5.41) is 3.47. The molecule has 21 heavy (non-hydrogen) atoms. The zero-order valence-electron chi connectivity index (χ0n) is 13.0. The van der Waals surface area contributed by atoms with E-state index >= 15 is 0 Å². The average Bonchev–Trinajstić information content (AvgIpc) is 2.97. The Labute approximate surface area is 127 Å². The molecule has 0 atom stereocenters. The number of likely N-dealkylation sites (tertiary alicyclic amines) is 1. The molecule has 0 radical (unpaired) electrons. The number of nitrogens with one attached hydrogen (secondary N) is 1. The number of nitrogens with zero attached hydrogens (tertiary/aromatic N) is 1. The van der Waals surface area contributed by atoms with Crippen molar-refractivity contribution in [3.05, 3.63) is 35.4 Å². The van der Waals surface area contributed by atoms with Crippen molar-refractivity contribution in [3.63, 3.8) is 0 Å². The van der Waals surface area contributed by atoms with E-state index in [0.717, 1.165) is 57.4 Å². The van der Waals surface area contributed by atoms with Gasteiger partial charge in [-0.1, -0.05) is 25.5 Å². The number of aryl methyl sites for hydroxylation is 1. The molecule has 3 rings (SSSR count). The second-order valence-corrected chi connectivity index (χ2v) is 6.67. The topological polar surface area (TPSA) is 32.3 Å². The second-order valence-electron chi connectivity index (χ2n) is 6.67. The first-order valence-corrected chi connectivity index (χ1v) is 8.31. The third kappa shape index (κ3) is 3.13. The number of hydrogen-bond donors (Lipinski definition) is 1. The van der Waals surface area contributed by atoms with Crippen LogP contribution < -0.4 is 5.32 Å². The minimum Gasteiger partial charge on any atom is -0.339 e. The summed E-state index contributed by atoms with van der Waals surface area (Å²) >= 11 is 0. The summed E-state index contributed by atoms with van der Waals surface area (Å²) < 4.78 is 0. The van der Waals surface area contributed by atoms with Crippen LogP contribution in [-0.4, -0.2) is 37.0 Å². The first-order chi connectivity index (χ1) is 10.2. The quantitative estimate of drug-likeness (QED) is 0.926. The Morgan fingerprint density at radius 3 is 2.48 bits per heavy atom. The molecule has 0 saturated carbocycles. The highest BCUT2D eigenvalue weighted by Gasteiger charge is 2.38. The molecule has 2 fully saturated rings. The van der Waals surface area contributed by atoms with Gasteiger partial charge in [0.25, 0.3) is 5.91 Å². The van der Waals surface area contributed by atoms with Crippen LogP contribution in [0, 0.1) is 5.41 Å². The number of carbonyl (C=O) groups excluding carboxylic acids is 1. The molecule has 1 aromatic carbocycles. The number of hydrogen-bond acceptors (Lipinski definition) is 2. The summed E-state index contributed by atoms with van der Waals surface area (Å²) in [6, 6.07) is 8.19. The molecular formula is C18H26N2O. The Bertz CT molecular complexity index is 478. The van der Waals surface area contributed by atoms with E-state index in [1.165, 1.54) is 12.0 Å². The molecule has 1 spiro atoms. The highest BCUT2D eigenvalue weighted by atomic mass is 16.2. The lowest BCUT2D eigenvalue weighted by Crippen LogP contribution is -2.44. The van der Waals surface area contributed by atoms with Crippen LogP contribution in [0.2, 0.25) is 0 Å². The molecular weight excluding hydrogens is 260 g/mol. The van der Waals surface area contributed by atoms with Crippen LogP contribution >= 0.6 is 0 Å². The first kappa shape index (κ1) is 14.6. The number of rotatable bonds is 3. The van der Waals surface area contributed by atoms with Crippen molar-refractivity contribution in [1.29, 1.82) is 0 Å². The zero-order valence-corrected chi connectivity index (χ0v) is 13.0. The van der Waals surface area contributed by atoms with Gasteiger partial charge in [0.1, 0.15) is 0 Å². The summed E-state index contributed by atoms with van der Waals surface area (Å²) in [5.74, 6) is 0.207. The predicted molar refractivity (Wildman–Crippen MR) is 85.5 cm³/mol. The lowest BCUT2D eigenvalue weighted by atomic mass is 9.78.